The van der Waals surface area contributed by atoms with E-state index in [1.165, 1.54) is 9.78 Å². The number of amides is 2. The summed E-state index contributed by atoms with van der Waals surface area (Å²) in [4.78, 5) is 31.7. The van der Waals surface area contributed by atoms with Gasteiger partial charge in [0.2, 0.25) is 0 Å². The van der Waals surface area contributed by atoms with Gasteiger partial charge >= 0.3 is 6.09 Å². The molecule has 1 aromatic heterocycles. The van der Waals surface area contributed by atoms with Crippen LogP contribution in [0.4, 0.5) is 10.5 Å². The monoisotopic (exact) mass is 421 g/mol. The SMILES string of the molecule is CCCN(C(=O)C1=Cc2sc(CC3CNC3)cc2N=C(N)C1)C(O)CNC(=O)O. The Balaban J connectivity index is 1.81. The largest absolute Gasteiger partial charge is 0.465 e. The second-order valence-corrected chi connectivity index (χ2v) is 8.47. The predicted molar refractivity (Wildman–Crippen MR) is 112 cm³/mol. The van der Waals surface area contributed by atoms with Gasteiger partial charge in [-0.25, -0.2) is 9.79 Å². The zero-order valence-electron chi connectivity index (χ0n) is 16.4. The maximum atomic E-state index is 13.1. The van der Waals surface area contributed by atoms with Crippen LogP contribution >= 0.6 is 11.3 Å². The minimum atomic E-state index is -1.26. The Morgan fingerprint density at radius 1 is 1.48 bits per heavy atom. The van der Waals surface area contributed by atoms with Crippen molar-refractivity contribution in [3.63, 3.8) is 0 Å². The predicted octanol–water partition coefficient (Wildman–Crippen LogP) is 1.11. The number of carboxylic acid groups (broad SMARTS) is 1. The van der Waals surface area contributed by atoms with Crippen LogP contribution in [-0.2, 0) is 11.2 Å². The van der Waals surface area contributed by atoms with Crippen LogP contribution in [0.2, 0.25) is 0 Å². The average molecular weight is 422 g/mol. The normalized spacial score (nSPS) is 17.3. The second kappa shape index (κ2) is 9.38. The molecule has 158 valence electrons. The van der Waals surface area contributed by atoms with E-state index < -0.39 is 12.3 Å². The number of amidine groups is 1. The number of aliphatic hydroxyl groups excluding tert-OH is 1. The molecule has 1 unspecified atom stereocenters. The summed E-state index contributed by atoms with van der Waals surface area (Å²) < 4.78 is 0. The third-order valence-electron chi connectivity index (χ3n) is 4.88. The van der Waals surface area contributed by atoms with E-state index in [9.17, 15) is 14.7 Å². The van der Waals surface area contributed by atoms with Crippen LogP contribution in [0, 0.1) is 5.92 Å². The van der Waals surface area contributed by atoms with E-state index in [0.29, 0.717) is 30.3 Å². The van der Waals surface area contributed by atoms with Gasteiger partial charge in [0, 0.05) is 23.4 Å². The van der Waals surface area contributed by atoms with Crippen molar-refractivity contribution >= 4 is 40.9 Å². The fourth-order valence-electron chi connectivity index (χ4n) is 3.35. The minimum Gasteiger partial charge on any atom is -0.465 e. The molecule has 1 aromatic rings. The smallest absolute Gasteiger partial charge is 0.404 e. The summed E-state index contributed by atoms with van der Waals surface area (Å²) >= 11 is 1.61. The molecule has 3 rings (SSSR count). The molecule has 0 spiro atoms. The molecule has 0 bridgehead atoms. The molecule has 0 aromatic carbocycles. The molecule has 9 nitrogen and oxygen atoms in total. The second-order valence-electron chi connectivity index (χ2n) is 7.31. The Labute approximate surface area is 173 Å². The maximum Gasteiger partial charge on any atom is 0.404 e. The molecule has 2 aliphatic heterocycles. The molecule has 3 heterocycles. The molecular formula is C19H27N5O4S. The molecule has 1 fully saturated rings. The third kappa shape index (κ3) is 5.34. The molecule has 1 atom stereocenters. The van der Waals surface area contributed by atoms with Crippen molar-refractivity contribution in [3.8, 4) is 0 Å². The highest BCUT2D eigenvalue weighted by molar-refractivity contribution is 7.13. The van der Waals surface area contributed by atoms with Crippen molar-refractivity contribution in [2.45, 2.75) is 32.4 Å². The molecular weight excluding hydrogens is 394 g/mol. The van der Waals surface area contributed by atoms with Crippen molar-refractivity contribution in [2.75, 3.05) is 26.2 Å². The van der Waals surface area contributed by atoms with Gasteiger partial charge in [0.25, 0.3) is 5.91 Å². The Hall–Kier alpha value is -2.43. The first-order chi connectivity index (χ1) is 13.9. The van der Waals surface area contributed by atoms with E-state index in [-0.39, 0.29) is 18.9 Å². The van der Waals surface area contributed by atoms with E-state index in [2.05, 4.69) is 15.6 Å². The van der Waals surface area contributed by atoms with Crippen molar-refractivity contribution in [3.05, 3.63) is 21.4 Å². The summed E-state index contributed by atoms with van der Waals surface area (Å²) in [6.07, 6.45) is 1.06. The fourth-order valence-corrected chi connectivity index (χ4v) is 4.53. The third-order valence-corrected chi connectivity index (χ3v) is 5.98. The summed E-state index contributed by atoms with van der Waals surface area (Å²) in [5, 5.41) is 24.5. The van der Waals surface area contributed by atoms with Gasteiger partial charge < -0.3 is 31.5 Å². The number of nitrogens with one attached hydrogen (secondary N) is 2. The van der Waals surface area contributed by atoms with E-state index in [0.717, 1.165) is 30.1 Å². The number of nitrogens with zero attached hydrogens (tertiary/aromatic N) is 2. The van der Waals surface area contributed by atoms with Crippen molar-refractivity contribution in [1.29, 1.82) is 0 Å². The number of hydrogen-bond donors (Lipinski definition) is 5. The lowest BCUT2D eigenvalue weighted by Gasteiger charge is -2.28. The molecule has 0 aliphatic carbocycles. The number of nitrogens with two attached hydrogens (primary N) is 1. The Morgan fingerprint density at radius 3 is 2.86 bits per heavy atom. The van der Waals surface area contributed by atoms with Gasteiger partial charge in [-0.05, 0) is 44.0 Å². The maximum absolute atomic E-state index is 13.1. The van der Waals surface area contributed by atoms with Crippen LogP contribution in [0.15, 0.2) is 16.6 Å². The van der Waals surface area contributed by atoms with Gasteiger partial charge in [-0.2, -0.15) is 0 Å². The molecule has 6 N–H and O–H groups in total. The number of rotatable bonds is 8. The summed E-state index contributed by atoms with van der Waals surface area (Å²) in [6.45, 7) is 3.95. The van der Waals surface area contributed by atoms with Crippen LogP contribution in [0.1, 0.15) is 29.5 Å². The van der Waals surface area contributed by atoms with Crippen LogP contribution in [-0.4, -0.2) is 65.4 Å². The quantitative estimate of drug-likeness (QED) is 0.398. The van der Waals surface area contributed by atoms with Gasteiger partial charge in [0.1, 0.15) is 12.1 Å². The first-order valence-corrected chi connectivity index (χ1v) is 10.5. The number of fused-ring (bicyclic) bond motifs is 1. The highest BCUT2D eigenvalue weighted by Crippen LogP contribution is 2.36. The molecule has 1 saturated heterocycles. The van der Waals surface area contributed by atoms with Crippen LogP contribution < -0.4 is 16.4 Å². The number of carbonyl (C=O) groups excluding carboxylic acids is 1. The van der Waals surface area contributed by atoms with Crippen LogP contribution in [0.5, 0.6) is 0 Å². The standard InChI is InChI=1S/C19H27N5O4S/c1-2-3-24(17(25)10-22-19(27)28)18(26)12-5-15-14(23-16(20)6-12)7-13(29-15)4-11-8-21-9-11/h5,7,11,17,21-22,25H,2-4,6,8-10H2,1H3,(H2,20,23)(H,27,28). The molecule has 0 radical (unpaired) electrons. The van der Waals surface area contributed by atoms with Gasteiger partial charge in [-0.15, -0.1) is 11.3 Å². The van der Waals surface area contributed by atoms with E-state index >= 15 is 0 Å². The lowest BCUT2D eigenvalue weighted by Crippen LogP contribution is -2.47. The zero-order chi connectivity index (χ0) is 21.0. The van der Waals surface area contributed by atoms with Crippen molar-refractivity contribution < 1.29 is 19.8 Å². The number of aliphatic hydroxyl groups is 1. The fraction of sp³-hybridized carbons (Fsp3) is 0.526. The lowest BCUT2D eigenvalue weighted by atomic mass is 9.98. The summed E-state index contributed by atoms with van der Waals surface area (Å²) in [5.41, 5.74) is 7.26. The molecule has 2 amide bonds. The lowest BCUT2D eigenvalue weighted by molar-refractivity contribution is -0.136. The molecule has 2 aliphatic rings. The van der Waals surface area contributed by atoms with Gasteiger partial charge in [-0.3, -0.25) is 4.79 Å². The summed E-state index contributed by atoms with van der Waals surface area (Å²) in [5.74, 6) is 0.601. The van der Waals surface area contributed by atoms with Crippen LogP contribution in [0.3, 0.4) is 0 Å². The van der Waals surface area contributed by atoms with Gasteiger partial charge in [0.15, 0.2) is 0 Å². The first-order valence-electron chi connectivity index (χ1n) is 9.70. The van der Waals surface area contributed by atoms with Gasteiger partial charge in [-0.1, -0.05) is 6.92 Å². The van der Waals surface area contributed by atoms with E-state index in [1.54, 1.807) is 17.4 Å². The van der Waals surface area contributed by atoms with E-state index in [1.807, 2.05) is 13.0 Å². The number of carbonyl (C=O) groups is 2. The van der Waals surface area contributed by atoms with Crippen molar-refractivity contribution in [2.24, 2.45) is 16.6 Å². The highest BCUT2D eigenvalue weighted by atomic mass is 32.1. The Morgan fingerprint density at radius 2 is 2.24 bits per heavy atom. The number of hydrogen-bond acceptors (Lipinski definition) is 7. The summed E-state index contributed by atoms with van der Waals surface area (Å²) in [7, 11) is 0. The zero-order valence-corrected chi connectivity index (χ0v) is 17.2. The molecule has 29 heavy (non-hydrogen) atoms. The Kier molecular flexibility index (Phi) is 6.88. The number of aliphatic imine (C=N–C) groups is 1. The van der Waals surface area contributed by atoms with E-state index in [4.69, 9.17) is 10.8 Å². The van der Waals surface area contributed by atoms with Crippen molar-refractivity contribution in [1.82, 2.24) is 15.5 Å². The topological polar surface area (TPSA) is 140 Å². The minimum absolute atomic E-state index is 0.182. The molecule has 10 heteroatoms. The Bertz CT molecular complexity index is 831. The van der Waals surface area contributed by atoms with Crippen LogP contribution in [0.25, 0.3) is 6.08 Å². The van der Waals surface area contributed by atoms with Gasteiger partial charge in [0.05, 0.1) is 17.1 Å². The molecule has 0 saturated carbocycles. The summed E-state index contributed by atoms with van der Waals surface area (Å²) in [6, 6.07) is 2.03. The first kappa shape index (κ1) is 21.3. The average Bonchev–Trinajstić information content (AvgIpc) is 2.93. The highest BCUT2D eigenvalue weighted by Gasteiger charge is 2.27. The number of thiophene rings is 1.